The van der Waals surface area contributed by atoms with Gasteiger partial charge in [-0.25, -0.2) is 0 Å². The molecular weight excluding hydrogens is 298 g/mol. The zero-order valence-electron chi connectivity index (χ0n) is 11.4. The molecule has 0 aliphatic rings. The van der Waals surface area contributed by atoms with E-state index in [1.165, 1.54) is 12.1 Å². The van der Waals surface area contributed by atoms with Crippen molar-refractivity contribution >= 4 is 5.78 Å². The quantitative estimate of drug-likeness (QED) is 0.206. The van der Waals surface area contributed by atoms with Gasteiger partial charge < -0.3 is 25.5 Å². The Hall–Kier alpha value is -1.91. The minimum atomic E-state index is -3.51. The number of hydrogen-bond acceptors (Lipinski definition) is 8. The summed E-state index contributed by atoms with van der Waals surface area (Å²) >= 11 is 0. The topological polar surface area (TPSA) is 161 Å². The lowest BCUT2D eigenvalue weighted by Crippen LogP contribution is -2.62. The van der Waals surface area contributed by atoms with Gasteiger partial charge in [-0.2, -0.15) is 0 Å². The number of ketones is 1. The molecule has 0 amide bonds. The lowest BCUT2D eigenvalue weighted by atomic mass is 9.91. The molecule has 0 aliphatic carbocycles. The van der Waals surface area contributed by atoms with Crippen LogP contribution in [0.2, 0.25) is 0 Å². The predicted octanol–water partition coefficient (Wildman–Crippen LogP) is -2.16. The third-order valence-corrected chi connectivity index (χ3v) is 3.21. The Morgan fingerprint density at radius 2 is 1.77 bits per heavy atom. The Balaban J connectivity index is 3.04. The molecular formula is C13H17NO8. The lowest BCUT2D eigenvalue weighted by molar-refractivity contribution is -0.619. The van der Waals surface area contributed by atoms with Crippen molar-refractivity contribution in [2.45, 2.75) is 30.5 Å². The number of nitrogens with zero attached hydrogens (tertiary/aromatic N) is 1. The smallest absolute Gasteiger partial charge is 0.394 e. The molecule has 0 bridgehead atoms. The SMILES string of the molecule is O=C(Cc1ccccc1)C(O)(C(O)C(O)C(O)CO)[N+](=O)[O-]. The van der Waals surface area contributed by atoms with Gasteiger partial charge in [0.1, 0.15) is 12.2 Å². The van der Waals surface area contributed by atoms with Gasteiger partial charge in [-0.3, -0.25) is 14.9 Å². The number of aliphatic hydroxyl groups excluding tert-OH is 4. The van der Waals surface area contributed by atoms with Crippen LogP contribution in [0, 0.1) is 10.1 Å². The predicted molar refractivity (Wildman–Crippen MR) is 72.2 cm³/mol. The maximum Gasteiger partial charge on any atom is 0.410 e. The molecule has 1 aromatic rings. The molecule has 0 fully saturated rings. The molecule has 5 N–H and O–H groups in total. The molecule has 0 heterocycles. The van der Waals surface area contributed by atoms with Gasteiger partial charge in [0.15, 0.2) is 6.10 Å². The van der Waals surface area contributed by atoms with E-state index in [-0.39, 0.29) is 0 Å². The Morgan fingerprint density at radius 1 is 1.23 bits per heavy atom. The molecule has 4 unspecified atom stereocenters. The zero-order chi connectivity index (χ0) is 16.9. The van der Waals surface area contributed by atoms with Gasteiger partial charge in [0, 0.05) is 6.42 Å². The second kappa shape index (κ2) is 7.38. The normalized spacial score (nSPS) is 18.0. The van der Waals surface area contributed by atoms with Crippen LogP contribution in [0.3, 0.4) is 0 Å². The van der Waals surface area contributed by atoms with E-state index < -0.39 is 47.8 Å². The van der Waals surface area contributed by atoms with E-state index in [1.807, 2.05) is 0 Å². The molecule has 1 rings (SSSR count). The Bertz CT molecular complexity index is 522. The third kappa shape index (κ3) is 3.64. The maximum atomic E-state index is 12.0. The van der Waals surface area contributed by atoms with Crippen molar-refractivity contribution in [1.82, 2.24) is 0 Å². The zero-order valence-corrected chi connectivity index (χ0v) is 11.4. The van der Waals surface area contributed by atoms with Crippen LogP contribution >= 0.6 is 0 Å². The van der Waals surface area contributed by atoms with Gasteiger partial charge in [-0.15, -0.1) is 0 Å². The highest BCUT2D eigenvalue weighted by atomic mass is 16.7. The first-order valence-corrected chi connectivity index (χ1v) is 6.34. The highest BCUT2D eigenvalue weighted by Crippen LogP contribution is 2.20. The van der Waals surface area contributed by atoms with Gasteiger partial charge in [0.2, 0.25) is 5.78 Å². The first-order valence-electron chi connectivity index (χ1n) is 6.34. The summed E-state index contributed by atoms with van der Waals surface area (Å²) in [5, 5.41) is 58.1. The van der Waals surface area contributed by atoms with Crippen molar-refractivity contribution in [3.63, 3.8) is 0 Å². The summed E-state index contributed by atoms with van der Waals surface area (Å²) in [5.74, 6) is -1.36. The molecule has 22 heavy (non-hydrogen) atoms. The number of aliphatic hydroxyl groups is 5. The van der Waals surface area contributed by atoms with Gasteiger partial charge in [0.25, 0.3) is 0 Å². The summed E-state index contributed by atoms with van der Waals surface area (Å²) in [5.41, 5.74) is -3.15. The standard InChI is InChI=1S/C13H17NO8/c15-7-9(16)11(18)12(19)13(20,14(21)22)10(17)6-8-4-2-1-3-5-8/h1-5,9,11-12,15-16,18-20H,6-7H2. The lowest BCUT2D eigenvalue weighted by Gasteiger charge is -2.28. The largest absolute Gasteiger partial charge is 0.410 e. The summed E-state index contributed by atoms with van der Waals surface area (Å²) in [6, 6.07) is 7.79. The fourth-order valence-corrected chi connectivity index (χ4v) is 1.84. The van der Waals surface area contributed by atoms with Crippen molar-refractivity contribution in [2.75, 3.05) is 6.61 Å². The van der Waals surface area contributed by atoms with Crippen molar-refractivity contribution < 1.29 is 35.3 Å². The van der Waals surface area contributed by atoms with Gasteiger partial charge in [0.05, 0.1) is 11.5 Å². The third-order valence-electron chi connectivity index (χ3n) is 3.21. The first kappa shape index (κ1) is 18.1. The second-order valence-corrected chi connectivity index (χ2v) is 4.75. The second-order valence-electron chi connectivity index (χ2n) is 4.75. The van der Waals surface area contributed by atoms with Crippen LogP contribution in [0.1, 0.15) is 5.56 Å². The Morgan fingerprint density at radius 3 is 2.23 bits per heavy atom. The highest BCUT2D eigenvalue weighted by Gasteiger charge is 2.58. The van der Waals surface area contributed by atoms with Crippen LogP contribution in [0.15, 0.2) is 30.3 Å². The van der Waals surface area contributed by atoms with Crippen LogP contribution in [-0.2, 0) is 11.2 Å². The number of nitro groups is 1. The minimum Gasteiger partial charge on any atom is -0.394 e. The minimum absolute atomic E-state index is 0.358. The number of benzene rings is 1. The molecule has 9 heteroatoms. The van der Waals surface area contributed by atoms with Crippen molar-refractivity contribution in [2.24, 2.45) is 0 Å². The monoisotopic (exact) mass is 315 g/mol. The molecule has 0 saturated heterocycles. The maximum absolute atomic E-state index is 12.0. The molecule has 9 nitrogen and oxygen atoms in total. The number of carbonyl (C=O) groups excluding carboxylic acids is 1. The van der Waals surface area contributed by atoms with Crippen LogP contribution in [0.5, 0.6) is 0 Å². The van der Waals surface area contributed by atoms with Gasteiger partial charge in [-0.1, -0.05) is 30.3 Å². The molecule has 4 atom stereocenters. The number of hydrogen-bond donors (Lipinski definition) is 5. The van der Waals surface area contributed by atoms with E-state index in [2.05, 4.69) is 0 Å². The van der Waals surface area contributed by atoms with E-state index in [1.54, 1.807) is 18.2 Å². The van der Waals surface area contributed by atoms with E-state index in [0.29, 0.717) is 5.56 Å². The van der Waals surface area contributed by atoms with Crippen LogP contribution in [-0.4, -0.2) is 66.9 Å². The molecule has 0 aromatic heterocycles. The summed E-state index contributed by atoms with van der Waals surface area (Å²) in [6.45, 7) is -1.01. The molecule has 0 saturated carbocycles. The van der Waals surface area contributed by atoms with Gasteiger partial charge >= 0.3 is 5.72 Å². The molecule has 0 radical (unpaired) electrons. The summed E-state index contributed by atoms with van der Waals surface area (Å²) in [7, 11) is 0. The molecule has 1 aromatic carbocycles. The summed E-state index contributed by atoms with van der Waals surface area (Å²) in [4.78, 5) is 21.6. The van der Waals surface area contributed by atoms with E-state index in [9.17, 15) is 35.3 Å². The highest BCUT2D eigenvalue weighted by molar-refractivity contribution is 5.88. The van der Waals surface area contributed by atoms with Crippen LogP contribution in [0.25, 0.3) is 0 Å². The Kier molecular flexibility index (Phi) is 6.09. The summed E-state index contributed by atoms with van der Waals surface area (Å²) < 4.78 is 0. The molecule has 0 aliphatic heterocycles. The average Bonchev–Trinajstić information content (AvgIpc) is 2.52. The molecule has 122 valence electrons. The van der Waals surface area contributed by atoms with E-state index >= 15 is 0 Å². The first-order chi connectivity index (χ1) is 10.2. The summed E-state index contributed by atoms with van der Waals surface area (Å²) in [6.07, 6.45) is -7.40. The fraction of sp³-hybridized carbons (Fsp3) is 0.462. The van der Waals surface area contributed by atoms with Crippen molar-refractivity contribution in [1.29, 1.82) is 0 Å². The van der Waals surface area contributed by atoms with E-state index in [4.69, 9.17) is 5.11 Å². The number of carbonyl (C=O) groups is 1. The van der Waals surface area contributed by atoms with Crippen LogP contribution < -0.4 is 0 Å². The van der Waals surface area contributed by atoms with Crippen molar-refractivity contribution in [3.8, 4) is 0 Å². The molecule has 0 spiro atoms. The number of rotatable bonds is 8. The van der Waals surface area contributed by atoms with Crippen molar-refractivity contribution in [3.05, 3.63) is 46.0 Å². The van der Waals surface area contributed by atoms with Crippen LogP contribution in [0.4, 0.5) is 0 Å². The average molecular weight is 315 g/mol. The Labute approximate surface area is 125 Å². The fourth-order valence-electron chi connectivity index (χ4n) is 1.84. The van der Waals surface area contributed by atoms with Gasteiger partial charge in [-0.05, 0) is 5.56 Å². The van der Waals surface area contributed by atoms with E-state index in [0.717, 1.165) is 0 Å². The number of Topliss-reactive ketones (excluding diaryl/α,β-unsaturated/α-hetero) is 1.